The van der Waals surface area contributed by atoms with Gasteiger partial charge in [-0.05, 0) is 35.4 Å². The second-order valence-electron chi connectivity index (χ2n) is 5.80. The predicted octanol–water partition coefficient (Wildman–Crippen LogP) is 3.72. The third kappa shape index (κ3) is 3.39. The quantitative estimate of drug-likeness (QED) is 0.593. The molecule has 0 saturated carbocycles. The summed E-state index contributed by atoms with van der Waals surface area (Å²) in [5.74, 6) is 0.676. The minimum absolute atomic E-state index is 0.287. The first kappa shape index (κ1) is 15.8. The van der Waals surface area contributed by atoms with Crippen LogP contribution in [0.1, 0.15) is 5.82 Å². The van der Waals surface area contributed by atoms with Gasteiger partial charge in [-0.3, -0.25) is 4.40 Å². The van der Waals surface area contributed by atoms with Crippen LogP contribution in [-0.2, 0) is 6.54 Å². The lowest BCUT2D eigenvalue weighted by molar-refractivity contribution is 0.251. The first-order valence-electron chi connectivity index (χ1n) is 8.28. The Kier molecular flexibility index (Phi) is 4.30. The highest BCUT2D eigenvalue weighted by molar-refractivity contribution is 5.89. The van der Waals surface area contributed by atoms with E-state index in [1.54, 1.807) is 0 Å². The zero-order chi connectivity index (χ0) is 17.8. The molecule has 4 rings (SSSR count). The molecule has 0 bridgehead atoms. The van der Waals surface area contributed by atoms with Gasteiger partial charge in [-0.1, -0.05) is 48.5 Å². The van der Waals surface area contributed by atoms with E-state index < -0.39 is 0 Å². The van der Waals surface area contributed by atoms with E-state index in [-0.39, 0.29) is 6.03 Å². The molecule has 6 nitrogen and oxygen atoms in total. The number of benzene rings is 2. The number of aromatic nitrogens is 3. The monoisotopic (exact) mass is 343 g/mol. The van der Waals surface area contributed by atoms with E-state index in [1.807, 2.05) is 71.3 Å². The van der Waals surface area contributed by atoms with E-state index in [0.29, 0.717) is 12.4 Å². The summed E-state index contributed by atoms with van der Waals surface area (Å²) >= 11 is 0. The number of anilines is 1. The highest BCUT2D eigenvalue weighted by Gasteiger charge is 2.07. The lowest BCUT2D eigenvalue weighted by Crippen LogP contribution is -2.28. The Hall–Kier alpha value is -3.67. The number of amides is 2. The number of urea groups is 1. The highest BCUT2D eigenvalue weighted by Crippen LogP contribution is 2.20. The van der Waals surface area contributed by atoms with Crippen molar-refractivity contribution in [3.8, 4) is 11.1 Å². The molecule has 2 aromatic heterocycles. The Morgan fingerprint density at radius 2 is 1.58 bits per heavy atom. The van der Waals surface area contributed by atoms with Crippen molar-refractivity contribution in [2.24, 2.45) is 0 Å². The number of pyridine rings is 1. The standard InChI is InChI=1S/C20H17N5O/c26-20(21-14-19-24-23-18-8-4-5-13-25(18)19)22-17-11-9-16(10-12-17)15-6-2-1-3-7-15/h1-13H,14H2,(H2,21,22,26). The van der Waals surface area contributed by atoms with E-state index in [2.05, 4.69) is 33.0 Å². The molecule has 0 saturated heterocycles. The molecule has 2 heterocycles. The third-order valence-corrected chi connectivity index (χ3v) is 4.04. The second-order valence-corrected chi connectivity index (χ2v) is 5.80. The molecule has 4 aromatic rings. The zero-order valence-corrected chi connectivity index (χ0v) is 14.0. The van der Waals surface area contributed by atoms with Crippen LogP contribution in [0.5, 0.6) is 0 Å². The van der Waals surface area contributed by atoms with Crippen LogP contribution in [-0.4, -0.2) is 20.6 Å². The molecule has 0 spiro atoms. The lowest BCUT2D eigenvalue weighted by atomic mass is 10.1. The molecule has 0 atom stereocenters. The molecule has 0 aliphatic carbocycles. The van der Waals surface area contributed by atoms with Crippen LogP contribution in [0.25, 0.3) is 16.8 Å². The van der Waals surface area contributed by atoms with Gasteiger partial charge < -0.3 is 10.6 Å². The molecular formula is C20H17N5O. The van der Waals surface area contributed by atoms with Crippen molar-refractivity contribution >= 4 is 17.4 Å². The fourth-order valence-corrected chi connectivity index (χ4v) is 2.72. The number of rotatable bonds is 4. The first-order valence-corrected chi connectivity index (χ1v) is 8.28. The number of carbonyl (C=O) groups excluding carboxylic acids is 1. The lowest BCUT2D eigenvalue weighted by Gasteiger charge is -2.08. The number of carbonyl (C=O) groups is 1. The van der Waals surface area contributed by atoms with Crippen LogP contribution >= 0.6 is 0 Å². The van der Waals surface area contributed by atoms with Gasteiger partial charge in [0, 0.05) is 11.9 Å². The van der Waals surface area contributed by atoms with Crippen molar-refractivity contribution in [1.82, 2.24) is 19.9 Å². The largest absolute Gasteiger partial charge is 0.331 e. The van der Waals surface area contributed by atoms with Gasteiger partial charge in [-0.2, -0.15) is 0 Å². The third-order valence-electron chi connectivity index (χ3n) is 4.04. The summed E-state index contributed by atoms with van der Waals surface area (Å²) in [5, 5.41) is 13.8. The second kappa shape index (κ2) is 7.06. The van der Waals surface area contributed by atoms with Crippen LogP contribution in [0, 0.1) is 0 Å². The van der Waals surface area contributed by atoms with Crippen molar-refractivity contribution in [3.05, 3.63) is 84.8 Å². The maximum Gasteiger partial charge on any atom is 0.319 e. The summed E-state index contributed by atoms with van der Waals surface area (Å²) in [4.78, 5) is 12.1. The Morgan fingerprint density at radius 1 is 0.846 bits per heavy atom. The highest BCUT2D eigenvalue weighted by atomic mass is 16.2. The van der Waals surface area contributed by atoms with Crippen LogP contribution in [0.4, 0.5) is 10.5 Å². The molecule has 0 unspecified atom stereocenters. The summed E-state index contributed by atoms with van der Waals surface area (Å²) in [7, 11) is 0. The van der Waals surface area contributed by atoms with E-state index in [9.17, 15) is 4.79 Å². The summed E-state index contributed by atoms with van der Waals surface area (Å²) in [6, 6.07) is 23.2. The molecule has 0 aliphatic rings. The van der Waals surface area contributed by atoms with E-state index in [0.717, 1.165) is 22.5 Å². The fraction of sp³-hybridized carbons (Fsp3) is 0.0500. The number of hydrogen-bond donors (Lipinski definition) is 2. The molecule has 128 valence electrons. The maximum absolute atomic E-state index is 12.1. The maximum atomic E-state index is 12.1. The Labute approximate surface area is 150 Å². The van der Waals surface area contributed by atoms with Crippen molar-refractivity contribution in [1.29, 1.82) is 0 Å². The van der Waals surface area contributed by atoms with Gasteiger partial charge in [0.05, 0.1) is 6.54 Å². The minimum Gasteiger partial charge on any atom is -0.331 e. The van der Waals surface area contributed by atoms with Gasteiger partial charge in [-0.15, -0.1) is 10.2 Å². The van der Waals surface area contributed by atoms with Crippen molar-refractivity contribution in [3.63, 3.8) is 0 Å². The van der Waals surface area contributed by atoms with Gasteiger partial charge in [-0.25, -0.2) is 4.79 Å². The number of hydrogen-bond acceptors (Lipinski definition) is 3. The molecule has 2 N–H and O–H groups in total. The average molecular weight is 343 g/mol. The summed E-state index contributed by atoms with van der Waals surface area (Å²) < 4.78 is 1.84. The van der Waals surface area contributed by atoms with E-state index in [1.165, 1.54) is 0 Å². The van der Waals surface area contributed by atoms with Crippen LogP contribution in [0.2, 0.25) is 0 Å². The van der Waals surface area contributed by atoms with Gasteiger partial charge in [0.15, 0.2) is 11.5 Å². The fourth-order valence-electron chi connectivity index (χ4n) is 2.72. The van der Waals surface area contributed by atoms with Gasteiger partial charge in [0.25, 0.3) is 0 Å². The molecule has 26 heavy (non-hydrogen) atoms. The zero-order valence-electron chi connectivity index (χ0n) is 14.0. The van der Waals surface area contributed by atoms with Crippen molar-refractivity contribution in [2.75, 3.05) is 5.32 Å². The normalized spacial score (nSPS) is 10.6. The van der Waals surface area contributed by atoms with Crippen molar-refractivity contribution in [2.45, 2.75) is 6.54 Å². The summed E-state index contributed by atoms with van der Waals surface area (Å²) in [5.41, 5.74) is 3.73. The molecule has 6 heteroatoms. The minimum atomic E-state index is -0.287. The molecule has 0 radical (unpaired) electrons. The van der Waals surface area contributed by atoms with Gasteiger partial charge in [0.2, 0.25) is 0 Å². The van der Waals surface area contributed by atoms with E-state index in [4.69, 9.17) is 0 Å². The Bertz CT molecular complexity index is 1020. The van der Waals surface area contributed by atoms with Crippen molar-refractivity contribution < 1.29 is 4.79 Å². The molecule has 2 aromatic carbocycles. The number of fused-ring (bicyclic) bond motifs is 1. The topological polar surface area (TPSA) is 71.3 Å². The Morgan fingerprint density at radius 3 is 2.38 bits per heavy atom. The Balaban J connectivity index is 1.37. The van der Waals surface area contributed by atoms with Gasteiger partial charge >= 0.3 is 6.03 Å². The first-order chi connectivity index (χ1) is 12.8. The summed E-state index contributed by atoms with van der Waals surface area (Å²) in [6.45, 7) is 0.291. The smallest absolute Gasteiger partial charge is 0.319 e. The molecular weight excluding hydrogens is 326 g/mol. The van der Waals surface area contributed by atoms with E-state index >= 15 is 0 Å². The number of nitrogens with one attached hydrogen (secondary N) is 2. The molecule has 0 fully saturated rings. The SMILES string of the molecule is O=C(NCc1nnc2ccccn12)Nc1ccc(-c2ccccc2)cc1. The summed E-state index contributed by atoms with van der Waals surface area (Å²) in [6.07, 6.45) is 1.87. The van der Waals surface area contributed by atoms with Crippen LogP contribution in [0.15, 0.2) is 79.0 Å². The number of nitrogens with zero attached hydrogens (tertiary/aromatic N) is 3. The van der Waals surface area contributed by atoms with Gasteiger partial charge in [0.1, 0.15) is 0 Å². The van der Waals surface area contributed by atoms with Crippen LogP contribution in [0.3, 0.4) is 0 Å². The average Bonchev–Trinajstić information content (AvgIpc) is 3.11. The van der Waals surface area contributed by atoms with Crippen LogP contribution < -0.4 is 10.6 Å². The molecule has 0 aliphatic heterocycles. The predicted molar refractivity (Wildman–Crippen MR) is 101 cm³/mol. The molecule has 2 amide bonds.